The van der Waals surface area contributed by atoms with Crippen LogP contribution < -0.4 is 10.1 Å². The summed E-state index contributed by atoms with van der Waals surface area (Å²) in [5, 5.41) is 2.25. The van der Waals surface area contributed by atoms with E-state index in [4.69, 9.17) is 14.2 Å². The summed E-state index contributed by atoms with van der Waals surface area (Å²) in [5.41, 5.74) is 2.47. The Labute approximate surface area is 122 Å². The van der Waals surface area contributed by atoms with Crippen molar-refractivity contribution in [3.63, 3.8) is 0 Å². The summed E-state index contributed by atoms with van der Waals surface area (Å²) in [7, 11) is 1.74. The van der Waals surface area contributed by atoms with E-state index in [-0.39, 0.29) is 0 Å². The van der Waals surface area contributed by atoms with Crippen LogP contribution in [0.25, 0.3) is 0 Å². The van der Waals surface area contributed by atoms with Crippen LogP contribution in [0.3, 0.4) is 0 Å². The third-order valence-corrected chi connectivity index (χ3v) is 3.26. The number of quaternary nitrogens is 1. The Balaban J connectivity index is 1.98. The van der Waals surface area contributed by atoms with E-state index in [1.807, 2.05) is 12.1 Å². The van der Waals surface area contributed by atoms with Crippen molar-refractivity contribution in [2.75, 3.05) is 46.6 Å². The lowest BCUT2D eigenvalue weighted by atomic mass is 10.1. The van der Waals surface area contributed by atoms with Gasteiger partial charge in [0.25, 0.3) is 0 Å². The molecule has 0 unspecified atom stereocenters. The number of ether oxygens (including phenoxy) is 3. The molecule has 0 bridgehead atoms. The molecule has 0 fully saturated rings. The molecule has 0 aliphatic heterocycles. The molecule has 0 spiro atoms. The number of nitrogens with two attached hydrogens (primary N) is 1. The molecule has 0 atom stereocenters. The lowest BCUT2D eigenvalue weighted by Crippen LogP contribution is -2.85. The second-order valence-electron chi connectivity index (χ2n) is 4.87. The molecule has 1 aromatic carbocycles. The Morgan fingerprint density at radius 3 is 2.65 bits per heavy atom. The largest absolute Gasteiger partial charge is 0.491 e. The van der Waals surface area contributed by atoms with Gasteiger partial charge in [-0.15, -0.1) is 0 Å². The summed E-state index contributed by atoms with van der Waals surface area (Å²) in [6, 6.07) is 6.12. The Morgan fingerprint density at radius 1 is 1.00 bits per heavy atom. The first-order valence-corrected chi connectivity index (χ1v) is 7.33. The third-order valence-electron chi connectivity index (χ3n) is 3.26. The molecule has 0 heterocycles. The average Bonchev–Trinajstić information content (AvgIpc) is 2.45. The van der Waals surface area contributed by atoms with Gasteiger partial charge >= 0.3 is 0 Å². The van der Waals surface area contributed by atoms with Crippen LogP contribution in [0.2, 0.25) is 0 Å². The zero-order valence-electron chi connectivity index (χ0n) is 13.0. The summed E-state index contributed by atoms with van der Waals surface area (Å²) in [6.45, 7) is 9.11. The van der Waals surface area contributed by atoms with E-state index in [0.29, 0.717) is 13.2 Å². The lowest BCUT2D eigenvalue weighted by molar-refractivity contribution is -0.656. The third kappa shape index (κ3) is 6.89. The normalized spacial score (nSPS) is 10.8. The molecule has 1 aromatic rings. The number of methoxy groups -OCH3 is 1. The van der Waals surface area contributed by atoms with E-state index in [0.717, 1.165) is 38.5 Å². The summed E-state index contributed by atoms with van der Waals surface area (Å²) < 4.78 is 16.3. The number of rotatable bonds is 11. The molecular formula is C16H28NO3+. The first kappa shape index (κ1) is 17.0. The Kier molecular flexibility index (Phi) is 9.04. The first-order chi connectivity index (χ1) is 9.75. The second kappa shape index (κ2) is 10.7. The zero-order chi connectivity index (χ0) is 14.6. The monoisotopic (exact) mass is 282 g/mol. The predicted octanol–water partition coefficient (Wildman–Crippen LogP) is 1.30. The van der Waals surface area contributed by atoms with Crippen molar-refractivity contribution < 1.29 is 19.5 Å². The van der Waals surface area contributed by atoms with Crippen LogP contribution >= 0.6 is 0 Å². The molecule has 114 valence electrons. The van der Waals surface area contributed by atoms with Gasteiger partial charge in [0.1, 0.15) is 12.4 Å². The fraction of sp³-hybridized carbons (Fsp3) is 0.625. The van der Waals surface area contributed by atoms with E-state index < -0.39 is 0 Å². The van der Waals surface area contributed by atoms with E-state index in [1.165, 1.54) is 11.1 Å². The quantitative estimate of drug-likeness (QED) is 0.622. The molecule has 0 saturated heterocycles. The van der Waals surface area contributed by atoms with Crippen molar-refractivity contribution in [2.45, 2.75) is 20.3 Å². The smallest absolute Gasteiger partial charge is 0.122 e. The molecule has 2 N–H and O–H groups in total. The highest BCUT2D eigenvalue weighted by molar-refractivity contribution is 5.38. The maximum Gasteiger partial charge on any atom is 0.122 e. The molecule has 0 aliphatic rings. The van der Waals surface area contributed by atoms with Gasteiger partial charge in [0, 0.05) is 13.5 Å². The number of benzene rings is 1. The minimum Gasteiger partial charge on any atom is -0.491 e. The van der Waals surface area contributed by atoms with Crippen molar-refractivity contribution in [1.29, 1.82) is 0 Å². The molecule has 0 aromatic heterocycles. The van der Waals surface area contributed by atoms with Gasteiger partial charge in [-0.3, -0.25) is 0 Å². The predicted molar refractivity (Wildman–Crippen MR) is 80.4 cm³/mol. The van der Waals surface area contributed by atoms with Gasteiger partial charge in [-0.25, -0.2) is 0 Å². The van der Waals surface area contributed by atoms with Gasteiger partial charge in [-0.05, 0) is 31.0 Å². The summed E-state index contributed by atoms with van der Waals surface area (Å²) in [5.74, 6) is 0.958. The first-order valence-electron chi connectivity index (χ1n) is 7.33. The van der Waals surface area contributed by atoms with Crippen molar-refractivity contribution in [3.8, 4) is 5.75 Å². The maximum absolute atomic E-state index is 5.73. The van der Waals surface area contributed by atoms with Crippen LogP contribution in [0.15, 0.2) is 18.2 Å². The second-order valence-corrected chi connectivity index (χ2v) is 4.87. The zero-order valence-corrected chi connectivity index (χ0v) is 13.0. The topological polar surface area (TPSA) is 44.3 Å². The molecule has 0 aliphatic carbocycles. The standard InChI is InChI=1S/C16H27NO3/c1-14-6-4-7-16(15(14)2)20-13-12-19-11-9-17-8-5-10-18-3/h4,6-7,17H,5,8-13H2,1-3H3/p+1. The molecule has 1 rings (SSSR count). The number of aryl methyl sites for hydroxylation is 1. The van der Waals surface area contributed by atoms with E-state index in [9.17, 15) is 0 Å². The fourth-order valence-corrected chi connectivity index (χ4v) is 1.88. The van der Waals surface area contributed by atoms with Crippen molar-refractivity contribution >= 4 is 0 Å². The highest BCUT2D eigenvalue weighted by Crippen LogP contribution is 2.20. The van der Waals surface area contributed by atoms with Gasteiger partial charge in [-0.1, -0.05) is 12.1 Å². The highest BCUT2D eigenvalue weighted by atomic mass is 16.5. The molecule has 4 nitrogen and oxygen atoms in total. The molecular weight excluding hydrogens is 254 g/mol. The van der Waals surface area contributed by atoms with Gasteiger partial charge < -0.3 is 19.5 Å². The Morgan fingerprint density at radius 2 is 1.85 bits per heavy atom. The van der Waals surface area contributed by atoms with E-state index in [2.05, 4.69) is 25.2 Å². The van der Waals surface area contributed by atoms with Crippen LogP contribution in [-0.4, -0.2) is 46.6 Å². The summed E-state index contributed by atoms with van der Waals surface area (Å²) in [6.07, 6.45) is 1.09. The highest BCUT2D eigenvalue weighted by Gasteiger charge is 2.01. The van der Waals surface area contributed by atoms with Gasteiger partial charge in [-0.2, -0.15) is 0 Å². The van der Waals surface area contributed by atoms with Crippen molar-refractivity contribution in [2.24, 2.45) is 0 Å². The van der Waals surface area contributed by atoms with Crippen LogP contribution in [0, 0.1) is 13.8 Å². The van der Waals surface area contributed by atoms with Gasteiger partial charge in [0.2, 0.25) is 0 Å². The minimum absolute atomic E-state index is 0.605. The fourth-order valence-electron chi connectivity index (χ4n) is 1.88. The van der Waals surface area contributed by atoms with Crippen molar-refractivity contribution in [1.82, 2.24) is 0 Å². The Bertz CT molecular complexity index is 369. The maximum atomic E-state index is 5.73. The lowest BCUT2D eigenvalue weighted by Gasteiger charge is -2.10. The molecule has 0 amide bonds. The minimum atomic E-state index is 0.605. The van der Waals surface area contributed by atoms with E-state index in [1.54, 1.807) is 7.11 Å². The van der Waals surface area contributed by atoms with Crippen molar-refractivity contribution in [3.05, 3.63) is 29.3 Å². The molecule has 0 saturated carbocycles. The van der Waals surface area contributed by atoms with Crippen LogP contribution in [0.4, 0.5) is 0 Å². The van der Waals surface area contributed by atoms with E-state index >= 15 is 0 Å². The summed E-state index contributed by atoms with van der Waals surface area (Å²) >= 11 is 0. The van der Waals surface area contributed by atoms with Gasteiger partial charge in [0.15, 0.2) is 0 Å². The van der Waals surface area contributed by atoms with Crippen LogP contribution in [-0.2, 0) is 9.47 Å². The van der Waals surface area contributed by atoms with Gasteiger partial charge in [0.05, 0.1) is 32.9 Å². The number of hydrogen-bond donors (Lipinski definition) is 1. The number of hydrogen-bond acceptors (Lipinski definition) is 3. The summed E-state index contributed by atoms with van der Waals surface area (Å²) in [4.78, 5) is 0. The Hall–Kier alpha value is -1.10. The average molecular weight is 282 g/mol. The van der Waals surface area contributed by atoms with Crippen LogP contribution in [0.1, 0.15) is 17.5 Å². The SMILES string of the molecule is COCCC[NH2+]CCOCCOc1cccc(C)c1C. The molecule has 4 heteroatoms. The molecule has 20 heavy (non-hydrogen) atoms. The molecule has 0 radical (unpaired) electrons. The van der Waals surface area contributed by atoms with Crippen LogP contribution in [0.5, 0.6) is 5.75 Å².